The first-order valence-corrected chi connectivity index (χ1v) is 16.3. The van der Waals surface area contributed by atoms with E-state index in [2.05, 4.69) is 10.1 Å². The van der Waals surface area contributed by atoms with Crippen LogP contribution in [0.25, 0.3) is 11.8 Å². The predicted molar refractivity (Wildman–Crippen MR) is 160 cm³/mol. The van der Waals surface area contributed by atoms with Crippen LogP contribution in [-0.2, 0) is 22.6 Å². The number of benzene rings is 2. The Morgan fingerprint density at radius 3 is 2.35 bits per heavy atom. The molecule has 0 N–H and O–H groups in total. The molecule has 0 spiro atoms. The lowest BCUT2D eigenvalue weighted by atomic mass is 9.60. The molecule has 2 atom stereocenters. The van der Waals surface area contributed by atoms with Crippen LogP contribution in [0.15, 0.2) is 83.5 Å². The second-order valence-electron chi connectivity index (χ2n) is 11.6. The van der Waals surface area contributed by atoms with Crippen LogP contribution in [-0.4, -0.2) is 52.0 Å². The van der Waals surface area contributed by atoms with Crippen molar-refractivity contribution >= 4 is 33.5 Å². The summed E-state index contributed by atoms with van der Waals surface area (Å²) in [5.74, 6) is -1.40. The Labute approximate surface area is 274 Å². The summed E-state index contributed by atoms with van der Waals surface area (Å²) in [6, 6.07) is 9.80. The molecule has 2 aromatic carbocycles. The minimum Gasteiger partial charge on any atom is -0.291 e. The molecule has 0 aliphatic heterocycles. The molecule has 7 nitrogen and oxygen atoms in total. The highest BCUT2D eigenvalue weighted by atomic mass is 35.5. The summed E-state index contributed by atoms with van der Waals surface area (Å²) in [5, 5.41) is 4.52. The van der Waals surface area contributed by atoms with Crippen LogP contribution in [0, 0.1) is 11.2 Å². The van der Waals surface area contributed by atoms with Crippen molar-refractivity contribution in [1.29, 1.82) is 0 Å². The number of hydrogen-bond donors (Lipinski definition) is 0. The number of rotatable bonds is 7. The number of sulfonamides is 1. The van der Waals surface area contributed by atoms with Gasteiger partial charge in [0, 0.05) is 17.3 Å². The van der Waals surface area contributed by atoms with E-state index < -0.39 is 74.6 Å². The van der Waals surface area contributed by atoms with Crippen LogP contribution >= 0.6 is 11.6 Å². The van der Waals surface area contributed by atoms with Gasteiger partial charge in [-0.1, -0.05) is 17.2 Å². The summed E-state index contributed by atoms with van der Waals surface area (Å²) in [4.78, 5) is 17.9. The van der Waals surface area contributed by atoms with Gasteiger partial charge in [0.15, 0.2) is 5.78 Å². The standard InChI is InChI=1S/C32H24ClF7N4O3S/c33-22-2-9-26(10-3-22)48(46,47)43(18-31(35,36)37)25-6-1-20-14-28-19(17-42-44(28)24-7-4-23(34)5-8-24)15-30(20,16-25)29(45)27-13-21(11-12-41-27)32(38,39)40/h2-5,7-14,17,25H,1,6,15-16,18H2/t25-,30-/m0/s1. The molecule has 0 bridgehead atoms. The SMILES string of the molecule is O=C(c1cc(C(F)(F)F)ccn1)[C@]12Cc3cnn(-c4ccc(F)cc4)c3C=C1CC[C@H](N(CC(F)(F)F)S(=O)(=O)c1ccc(Cl)cc1)C2. The van der Waals surface area contributed by atoms with E-state index in [0.717, 1.165) is 18.3 Å². The maximum atomic E-state index is 14.4. The van der Waals surface area contributed by atoms with Crippen molar-refractivity contribution in [2.75, 3.05) is 6.54 Å². The third-order valence-corrected chi connectivity index (χ3v) is 10.8. The fourth-order valence-electron chi connectivity index (χ4n) is 6.42. The molecule has 2 heterocycles. The van der Waals surface area contributed by atoms with Gasteiger partial charge in [-0.3, -0.25) is 9.78 Å². The topological polar surface area (TPSA) is 85.2 Å². The number of hydrogen-bond acceptors (Lipinski definition) is 5. The molecule has 48 heavy (non-hydrogen) atoms. The summed E-state index contributed by atoms with van der Waals surface area (Å²) in [6.07, 6.45) is -6.91. The zero-order valence-electron chi connectivity index (χ0n) is 24.6. The highest BCUT2D eigenvalue weighted by molar-refractivity contribution is 7.89. The monoisotopic (exact) mass is 712 g/mol. The molecule has 1 saturated carbocycles. The van der Waals surface area contributed by atoms with Crippen LogP contribution in [0.1, 0.15) is 46.6 Å². The summed E-state index contributed by atoms with van der Waals surface area (Å²) in [7, 11) is -4.82. The molecule has 0 saturated heterocycles. The Kier molecular flexibility index (Phi) is 8.53. The summed E-state index contributed by atoms with van der Waals surface area (Å²) in [6.45, 7) is -1.87. The third kappa shape index (κ3) is 6.38. The van der Waals surface area contributed by atoms with Crippen molar-refractivity contribution in [2.24, 2.45) is 5.41 Å². The highest BCUT2D eigenvalue weighted by Gasteiger charge is 2.53. The summed E-state index contributed by atoms with van der Waals surface area (Å²) < 4.78 is 126. The molecule has 0 amide bonds. The Hall–Kier alpha value is -4.08. The Morgan fingerprint density at radius 1 is 1.02 bits per heavy atom. The number of carbonyl (C=O) groups excluding carboxylic acids is 1. The molecule has 2 aliphatic carbocycles. The van der Waals surface area contributed by atoms with Gasteiger partial charge in [-0.25, -0.2) is 17.5 Å². The minimum atomic E-state index is -4.98. The molecule has 2 aromatic heterocycles. The molecule has 0 radical (unpaired) electrons. The Bertz CT molecular complexity index is 2010. The fourth-order valence-corrected chi connectivity index (χ4v) is 8.19. The van der Waals surface area contributed by atoms with E-state index >= 15 is 0 Å². The van der Waals surface area contributed by atoms with Gasteiger partial charge >= 0.3 is 12.4 Å². The number of alkyl halides is 6. The van der Waals surface area contributed by atoms with E-state index in [-0.39, 0.29) is 24.3 Å². The second-order valence-corrected chi connectivity index (χ2v) is 14.0. The van der Waals surface area contributed by atoms with E-state index in [9.17, 15) is 43.9 Å². The average molecular weight is 713 g/mol. The van der Waals surface area contributed by atoms with Crippen LogP contribution in [0.4, 0.5) is 30.7 Å². The number of fused-ring (bicyclic) bond motifs is 2. The van der Waals surface area contributed by atoms with Gasteiger partial charge in [0.05, 0.1) is 33.5 Å². The van der Waals surface area contributed by atoms with Gasteiger partial charge in [-0.15, -0.1) is 0 Å². The lowest BCUT2D eigenvalue weighted by molar-refractivity contribution is -0.140. The number of halogens is 8. The first kappa shape index (κ1) is 33.8. The van der Waals surface area contributed by atoms with E-state index in [1.807, 2.05) is 0 Å². The first-order chi connectivity index (χ1) is 22.5. The van der Waals surface area contributed by atoms with Crippen molar-refractivity contribution in [3.05, 3.63) is 112 Å². The predicted octanol–water partition coefficient (Wildman–Crippen LogP) is 7.69. The fraction of sp³-hybridized carbons (Fsp3) is 0.281. The summed E-state index contributed by atoms with van der Waals surface area (Å²) >= 11 is 5.88. The molecular formula is C32H24ClF7N4O3S. The number of Topliss-reactive ketones (excluding diaryl/α,β-unsaturated/α-hetero) is 1. The molecule has 1 fully saturated rings. The third-order valence-electron chi connectivity index (χ3n) is 8.62. The van der Waals surface area contributed by atoms with Gasteiger partial charge in [-0.05, 0) is 98.0 Å². The van der Waals surface area contributed by atoms with Crippen molar-refractivity contribution in [3.8, 4) is 5.69 Å². The molecule has 4 aromatic rings. The maximum absolute atomic E-state index is 14.4. The quantitative estimate of drug-likeness (QED) is 0.145. The van der Waals surface area contributed by atoms with Crippen LogP contribution in [0.5, 0.6) is 0 Å². The molecular weight excluding hydrogens is 689 g/mol. The molecule has 0 unspecified atom stereocenters. The van der Waals surface area contributed by atoms with Crippen molar-refractivity contribution in [3.63, 3.8) is 0 Å². The molecule has 16 heteroatoms. The Balaban J connectivity index is 1.48. The van der Waals surface area contributed by atoms with Gasteiger partial charge in [0.1, 0.15) is 18.1 Å². The number of nitrogens with zero attached hydrogens (tertiary/aromatic N) is 4. The van der Waals surface area contributed by atoms with Crippen molar-refractivity contribution < 1.29 is 43.9 Å². The van der Waals surface area contributed by atoms with Gasteiger partial charge < -0.3 is 0 Å². The van der Waals surface area contributed by atoms with Gasteiger partial charge in [0.2, 0.25) is 10.0 Å². The first-order valence-electron chi connectivity index (χ1n) is 14.4. The van der Waals surface area contributed by atoms with Crippen LogP contribution in [0.2, 0.25) is 5.02 Å². The van der Waals surface area contributed by atoms with E-state index in [1.165, 1.54) is 47.3 Å². The lowest BCUT2D eigenvalue weighted by Gasteiger charge is -2.46. The van der Waals surface area contributed by atoms with E-state index in [4.69, 9.17) is 11.6 Å². The highest BCUT2D eigenvalue weighted by Crippen LogP contribution is 2.52. The van der Waals surface area contributed by atoms with Crippen molar-refractivity contribution in [2.45, 2.75) is 49.0 Å². The van der Waals surface area contributed by atoms with E-state index in [1.54, 1.807) is 6.08 Å². The number of allylic oxidation sites excluding steroid dienone is 1. The Morgan fingerprint density at radius 2 is 1.71 bits per heavy atom. The van der Waals surface area contributed by atoms with Crippen molar-refractivity contribution in [1.82, 2.24) is 19.1 Å². The number of carbonyl (C=O) groups is 1. The average Bonchev–Trinajstić information content (AvgIpc) is 3.44. The molecule has 2 aliphatic rings. The zero-order valence-corrected chi connectivity index (χ0v) is 26.1. The van der Waals surface area contributed by atoms with Crippen LogP contribution < -0.4 is 0 Å². The normalized spacial score (nSPS) is 19.9. The van der Waals surface area contributed by atoms with Crippen LogP contribution in [0.3, 0.4) is 0 Å². The lowest BCUT2D eigenvalue weighted by Crippen LogP contribution is -2.52. The summed E-state index contributed by atoms with van der Waals surface area (Å²) in [5.41, 5.74) is -1.76. The smallest absolute Gasteiger partial charge is 0.291 e. The van der Waals surface area contributed by atoms with Gasteiger partial charge in [-0.2, -0.15) is 35.7 Å². The minimum absolute atomic E-state index is 0.0755. The number of ketones is 1. The van der Waals surface area contributed by atoms with E-state index in [0.29, 0.717) is 39.0 Å². The second kappa shape index (κ2) is 12.1. The zero-order chi connectivity index (χ0) is 34.6. The maximum Gasteiger partial charge on any atom is 0.416 e. The van der Waals surface area contributed by atoms with Gasteiger partial charge in [0.25, 0.3) is 0 Å². The number of pyridine rings is 1. The number of aromatic nitrogens is 3. The molecule has 6 rings (SSSR count). The largest absolute Gasteiger partial charge is 0.416 e. The molecule has 252 valence electrons.